The minimum Gasteiger partial charge on any atom is -0.381 e. The zero-order valence-electron chi connectivity index (χ0n) is 20.5. The Bertz CT molecular complexity index is 1360. The molecule has 0 fully saturated rings. The third kappa shape index (κ3) is 3.81. The number of hydrogen-bond donors (Lipinski definition) is 0. The Balaban J connectivity index is 1.59. The molecule has 34 heavy (non-hydrogen) atoms. The van der Waals surface area contributed by atoms with Gasteiger partial charge in [0.2, 0.25) is 11.9 Å². The lowest BCUT2D eigenvalue weighted by Gasteiger charge is -2.19. The molecule has 2 heterocycles. The van der Waals surface area contributed by atoms with Crippen LogP contribution in [0.25, 0.3) is 11.4 Å². The first-order valence-corrected chi connectivity index (χ1v) is 11.6. The molecule has 172 valence electrons. The normalized spacial score (nSPS) is 17.5. The van der Waals surface area contributed by atoms with Gasteiger partial charge in [-0.3, -0.25) is 0 Å². The van der Waals surface area contributed by atoms with Gasteiger partial charge in [0.1, 0.15) is 0 Å². The molecule has 3 aromatic carbocycles. The standard InChI is InChI=1S/C29H29N3O2/c1-16-12-18(3)23(19(4)13-16)26-25(22-10-8-7-9-11-22)27(33-31-26)29-30-28(32-34-29)24-20(5)14-17(2)15-21(24)6/h7-15,25,27H,1-6H3/t25-,27-/m1/s1. The van der Waals surface area contributed by atoms with Crippen LogP contribution in [0.4, 0.5) is 0 Å². The molecule has 1 aromatic heterocycles. The third-order valence-corrected chi connectivity index (χ3v) is 6.54. The predicted octanol–water partition coefficient (Wildman–Crippen LogP) is 6.85. The third-order valence-electron chi connectivity index (χ3n) is 6.54. The van der Waals surface area contributed by atoms with Gasteiger partial charge in [0.05, 0.1) is 11.6 Å². The molecule has 5 rings (SSSR count). The van der Waals surface area contributed by atoms with E-state index in [4.69, 9.17) is 14.3 Å². The summed E-state index contributed by atoms with van der Waals surface area (Å²) in [5.41, 5.74) is 11.2. The summed E-state index contributed by atoms with van der Waals surface area (Å²) in [6.07, 6.45) is -0.496. The molecule has 5 nitrogen and oxygen atoms in total. The summed E-state index contributed by atoms with van der Waals surface area (Å²) in [6.45, 7) is 12.6. The fraction of sp³-hybridized carbons (Fsp3) is 0.276. The van der Waals surface area contributed by atoms with Crippen LogP contribution in [0.1, 0.15) is 62.4 Å². The fourth-order valence-corrected chi connectivity index (χ4v) is 5.33. The molecule has 0 N–H and O–H groups in total. The van der Waals surface area contributed by atoms with Crippen LogP contribution in [0.3, 0.4) is 0 Å². The first-order chi connectivity index (χ1) is 16.3. The highest BCUT2D eigenvalue weighted by molar-refractivity contribution is 6.08. The summed E-state index contributed by atoms with van der Waals surface area (Å²) in [7, 11) is 0. The van der Waals surface area contributed by atoms with Gasteiger partial charge in [-0.05, 0) is 69.4 Å². The fourth-order valence-electron chi connectivity index (χ4n) is 5.33. The van der Waals surface area contributed by atoms with Gasteiger partial charge in [-0.25, -0.2) is 0 Å². The molecule has 0 saturated carbocycles. The maximum atomic E-state index is 6.03. The molecule has 2 atom stereocenters. The van der Waals surface area contributed by atoms with Crippen LogP contribution in [0.2, 0.25) is 0 Å². The van der Waals surface area contributed by atoms with E-state index < -0.39 is 6.10 Å². The number of aryl methyl sites for hydroxylation is 6. The number of aromatic nitrogens is 2. The lowest BCUT2D eigenvalue weighted by atomic mass is 9.83. The maximum absolute atomic E-state index is 6.03. The highest BCUT2D eigenvalue weighted by Crippen LogP contribution is 2.43. The molecular weight excluding hydrogens is 422 g/mol. The zero-order valence-corrected chi connectivity index (χ0v) is 20.5. The van der Waals surface area contributed by atoms with Crippen molar-refractivity contribution in [2.24, 2.45) is 5.16 Å². The summed E-state index contributed by atoms with van der Waals surface area (Å²) in [5, 5.41) is 8.93. The van der Waals surface area contributed by atoms with Gasteiger partial charge in [-0.1, -0.05) is 76.0 Å². The monoisotopic (exact) mass is 451 g/mol. The van der Waals surface area contributed by atoms with Crippen LogP contribution < -0.4 is 0 Å². The van der Waals surface area contributed by atoms with Gasteiger partial charge in [-0.15, -0.1) is 0 Å². The van der Waals surface area contributed by atoms with Crippen molar-refractivity contribution in [1.82, 2.24) is 10.1 Å². The van der Waals surface area contributed by atoms with Crippen LogP contribution in [-0.2, 0) is 4.84 Å². The SMILES string of the molecule is Cc1cc(C)c(C2=NO[C@@H](c3nc(-c4c(C)cc(C)cc4C)no3)[C@@H]2c2ccccc2)c(C)c1. The Morgan fingerprint density at radius 2 is 1.26 bits per heavy atom. The molecule has 4 aromatic rings. The second-order valence-corrected chi connectivity index (χ2v) is 9.39. The van der Waals surface area contributed by atoms with Crippen LogP contribution in [0.15, 0.2) is 64.3 Å². The van der Waals surface area contributed by atoms with Crippen molar-refractivity contribution >= 4 is 5.71 Å². The Labute approximate surface area is 200 Å². The molecule has 0 spiro atoms. The minimum absolute atomic E-state index is 0.158. The van der Waals surface area contributed by atoms with E-state index in [0.29, 0.717) is 11.7 Å². The van der Waals surface area contributed by atoms with E-state index in [9.17, 15) is 0 Å². The van der Waals surface area contributed by atoms with Crippen molar-refractivity contribution in [2.45, 2.75) is 53.6 Å². The average molecular weight is 452 g/mol. The Hall–Kier alpha value is -3.73. The van der Waals surface area contributed by atoms with Crippen molar-refractivity contribution < 1.29 is 9.36 Å². The largest absolute Gasteiger partial charge is 0.381 e. The quantitative estimate of drug-likeness (QED) is 0.340. The summed E-state index contributed by atoms with van der Waals surface area (Å²) in [4.78, 5) is 10.8. The van der Waals surface area contributed by atoms with Crippen LogP contribution in [0, 0.1) is 41.5 Å². The molecule has 0 aliphatic carbocycles. The Morgan fingerprint density at radius 1 is 0.706 bits per heavy atom. The maximum Gasteiger partial charge on any atom is 0.271 e. The highest BCUT2D eigenvalue weighted by Gasteiger charge is 2.42. The average Bonchev–Trinajstić information content (AvgIpc) is 3.40. The highest BCUT2D eigenvalue weighted by atomic mass is 16.7. The molecule has 0 radical (unpaired) electrons. The van der Waals surface area contributed by atoms with Crippen molar-refractivity contribution in [3.8, 4) is 11.4 Å². The van der Waals surface area contributed by atoms with Gasteiger partial charge < -0.3 is 9.36 Å². The summed E-state index contributed by atoms with van der Waals surface area (Å²) in [6, 6.07) is 19.0. The van der Waals surface area contributed by atoms with E-state index in [0.717, 1.165) is 33.5 Å². The van der Waals surface area contributed by atoms with E-state index in [1.165, 1.54) is 22.3 Å². The van der Waals surface area contributed by atoms with Crippen molar-refractivity contribution in [2.75, 3.05) is 0 Å². The lowest BCUT2D eigenvalue weighted by molar-refractivity contribution is 0.0508. The molecular formula is C29H29N3O2. The first kappa shape index (κ1) is 22.1. The van der Waals surface area contributed by atoms with Crippen molar-refractivity contribution in [3.63, 3.8) is 0 Å². The Kier molecular flexibility index (Phi) is 5.56. The molecule has 1 aliphatic rings. The molecule has 0 bridgehead atoms. The number of hydrogen-bond acceptors (Lipinski definition) is 5. The number of oxime groups is 1. The molecule has 0 amide bonds. The summed E-state index contributed by atoms with van der Waals surface area (Å²) >= 11 is 0. The first-order valence-electron chi connectivity index (χ1n) is 11.6. The van der Waals surface area contributed by atoms with Crippen LogP contribution in [-0.4, -0.2) is 15.9 Å². The van der Waals surface area contributed by atoms with Gasteiger partial charge >= 0.3 is 0 Å². The van der Waals surface area contributed by atoms with Crippen LogP contribution >= 0.6 is 0 Å². The molecule has 1 aliphatic heterocycles. The number of rotatable bonds is 4. The second kappa shape index (κ2) is 8.56. The minimum atomic E-state index is -0.496. The van der Waals surface area contributed by atoms with E-state index in [1.54, 1.807) is 0 Å². The van der Waals surface area contributed by atoms with Crippen molar-refractivity contribution in [3.05, 3.63) is 105 Å². The topological polar surface area (TPSA) is 60.5 Å². The van der Waals surface area contributed by atoms with Gasteiger partial charge in [-0.2, -0.15) is 4.98 Å². The van der Waals surface area contributed by atoms with E-state index in [1.807, 2.05) is 18.2 Å². The molecule has 0 saturated heterocycles. The smallest absolute Gasteiger partial charge is 0.271 e. The van der Waals surface area contributed by atoms with Gasteiger partial charge in [0, 0.05) is 11.1 Å². The second-order valence-electron chi connectivity index (χ2n) is 9.39. The lowest BCUT2D eigenvalue weighted by Crippen LogP contribution is -2.18. The van der Waals surface area contributed by atoms with Crippen molar-refractivity contribution in [1.29, 1.82) is 0 Å². The summed E-state index contributed by atoms with van der Waals surface area (Å²) < 4.78 is 5.80. The van der Waals surface area contributed by atoms with Gasteiger partial charge in [0.25, 0.3) is 5.89 Å². The van der Waals surface area contributed by atoms with E-state index in [-0.39, 0.29) is 5.92 Å². The zero-order chi connectivity index (χ0) is 24.0. The van der Waals surface area contributed by atoms with Gasteiger partial charge in [0.15, 0.2) is 0 Å². The molecule has 5 heteroatoms. The number of nitrogens with zero attached hydrogens (tertiary/aromatic N) is 3. The summed E-state index contributed by atoms with van der Waals surface area (Å²) in [5.74, 6) is 0.857. The van der Waals surface area contributed by atoms with E-state index >= 15 is 0 Å². The number of benzene rings is 3. The molecule has 0 unspecified atom stereocenters. The predicted molar refractivity (Wildman–Crippen MR) is 134 cm³/mol. The Morgan fingerprint density at radius 3 is 1.85 bits per heavy atom. The van der Waals surface area contributed by atoms with E-state index in [2.05, 4.69) is 88.3 Å². The van der Waals surface area contributed by atoms with Crippen LogP contribution in [0.5, 0.6) is 0 Å².